The lowest BCUT2D eigenvalue weighted by molar-refractivity contribution is -0.147. The molecule has 0 aliphatic carbocycles. The third-order valence-electron chi connectivity index (χ3n) is 4.36. The molecule has 0 saturated carbocycles. The van der Waals surface area contributed by atoms with Crippen molar-refractivity contribution in [3.8, 4) is 5.75 Å². The number of fused-ring (bicyclic) bond motifs is 1. The van der Waals surface area contributed by atoms with Crippen LogP contribution in [-0.2, 0) is 16.0 Å². The van der Waals surface area contributed by atoms with Gasteiger partial charge in [-0.25, -0.2) is 0 Å². The van der Waals surface area contributed by atoms with Crippen LogP contribution in [0.25, 0.3) is 0 Å². The third-order valence-corrected chi connectivity index (χ3v) is 4.60. The highest BCUT2D eigenvalue weighted by atomic mass is 35.5. The molecule has 2 atom stereocenters. The van der Waals surface area contributed by atoms with Gasteiger partial charge in [0.2, 0.25) is 5.91 Å². The van der Waals surface area contributed by atoms with E-state index in [4.69, 9.17) is 21.4 Å². The van der Waals surface area contributed by atoms with Crippen LogP contribution in [0.2, 0.25) is 5.02 Å². The number of nitrogens with zero attached hydrogens (tertiary/aromatic N) is 1. The van der Waals surface area contributed by atoms with Crippen molar-refractivity contribution in [1.82, 2.24) is 4.90 Å². The van der Waals surface area contributed by atoms with Gasteiger partial charge in [-0.15, -0.1) is 0 Å². The predicted octanol–water partition coefficient (Wildman–Crippen LogP) is 2.21. The van der Waals surface area contributed by atoms with Gasteiger partial charge in [0.05, 0.1) is 11.8 Å². The summed E-state index contributed by atoms with van der Waals surface area (Å²) in [6.45, 7) is 1.26. The fourth-order valence-corrected chi connectivity index (χ4v) is 3.35. The van der Waals surface area contributed by atoms with Crippen LogP contribution in [0.15, 0.2) is 18.2 Å². The monoisotopic (exact) mass is 323 g/mol. The van der Waals surface area contributed by atoms with Crippen LogP contribution in [-0.4, -0.2) is 41.6 Å². The Hall–Kier alpha value is -1.75. The van der Waals surface area contributed by atoms with Crippen LogP contribution >= 0.6 is 11.6 Å². The number of hydrogen-bond donors (Lipinski definition) is 1. The van der Waals surface area contributed by atoms with E-state index in [1.807, 2.05) is 12.1 Å². The minimum Gasteiger partial charge on any atom is -0.492 e. The minimum absolute atomic E-state index is 0.0171. The van der Waals surface area contributed by atoms with Gasteiger partial charge >= 0.3 is 5.97 Å². The number of ether oxygens (including phenoxy) is 1. The van der Waals surface area contributed by atoms with Crippen LogP contribution in [0.5, 0.6) is 5.75 Å². The van der Waals surface area contributed by atoms with Gasteiger partial charge < -0.3 is 14.7 Å². The maximum Gasteiger partial charge on any atom is 0.308 e. The zero-order chi connectivity index (χ0) is 15.7. The molecule has 1 amide bonds. The zero-order valence-corrected chi connectivity index (χ0v) is 12.9. The van der Waals surface area contributed by atoms with Crippen molar-refractivity contribution in [3.05, 3.63) is 28.8 Å². The topological polar surface area (TPSA) is 66.8 Å². The molecular formula is C16H18ClNO4. The maximum absolute atomic E-state index is 12.6. The highest BCUT2D eigenvalue weighted by Crippen LogP contribution is 2.31. The summed E-state index contributed by atoms with van der Waals surface area (Å²) in [5, 5.41) is 9.76. The smallest absolute Gasteiger partial charge is 0.308 e. The summed E-state index contributed by atoms with van der Waals surface area (Å²) in [4.78, 5) is 25.4. The molecule has 1 saturated heterocycles. The van der Waals surface area contributed by atoms with Gasteiger partial charge in [-0.3, -0.25) is 9.59 Å². The summed E-state index contributed by atoms with van der Waals surface area (Å²) in [5.74, 6) is -0.788. The molecule has 118 valence electrons. The number of aliphatic carboxylic acids is 1. The van der Waals surface area contributed by atoms with E-state index in [-0.39, 0.29) is 11.8 Å². The van der Waals surface area contributed by atoms with Crippen molar-refractivity contribution >= 4 is 23.5 Å². The molecule has 5 nitrogen and oxygen atoms in total. The van der Waals surface area contributed by atoms with E-state index in [1.165, 1.54) is 0 Å². The molecule has 2 aliphatic heterocycles. The van der Waals surface area contributed by atoms with Gasteiger partial charge in [0.1, 0.15) is 12.4 Å². The van der Waals surface area contributed by atoms with E-state index in [2.05, 4.69) is 0 Å². The Labute approximate surface area is 133 Å². The number of piperidine rings is 1. The Kier molecular flexibility index (Phi) is 4.25. The average molecular weight is 324 g/mol. The number of rotatable bonds is 2. The SMILES string of the molecule is O=C(O)[C@H]1CCCN(C(=O)[C@@H]2COc3ccc(Cl)cc3C2)C1. The van der Waals surface area contributed by atoms with Crippen LogP contribution in [0.3, 0.4) is 0 Å². The van der Waals surface area contributed by atoms with Crippen molar-refractivity contribution in [3.63, 3.8) is 0 Å². The molecule has 0 bridgehead atoms. The number of likely N-dealkylation sites (tertiary alicyclic amines) is 1. The number of halogens is 1. The third kappa shape index (κ3) is 3.04. The fourth-order valence-electron chi connectivity index (χ4n) is 3.16. The van der Waals surface area contributed by atoms with Gasteiger partial charge in [-0.2, -0.15) is 0 Å². The van der Waals surface area contributed by atoms with Crippen molar-refractivity contribution in [2.45, 2.75) is 19.3 Å². The molecule has 1 fully saturated rings. The van der Waals surface area contributed by atoms with E-state index in [1.54, 1.807) is 11.0 Å². The number of carbonyl (C=O) groups excluding carboxylic acids is 1. The van der Waals surface area contributed by atoms with Gasteiger partial charge in [0.25, 0.3) is 0 Å². The largest absolute Gasteiger partial charge is 0.492 e. The number of carboxylic acids is 1. The number of carboxylic acid groups (broad SMARTS) is 1. The Bertz CT molecular complexity index is 604. The maximum atomic E-state index is 12.6. The van der Waals surface area contributed by atoms with Crippen LogP contribution in [0.1, 0.15) is 18.4 Å². The highest BCUT2D eigenvalue weighted by molar-refractivity contribution is 6.30. The predicted molar refractivity (Wildman–Crippen MR) is 81.1 cm³/mol. The molecule has 1 aromatic rings. The molecule has 1 N–H and O–H groups in total. The average Bonchev–Trinajstić information content (AvgIpc) is 2.53. The molecule has 2 aliphatic rings. The lowest BCUT2D eigenvalue weighted by atomic mass is 9.93. The molecule has 1 aromatic carbocycles. The lowest BCUT2D eigenvalue weighted by Crippen LogP contribution is -2.47. The second-order valence-corrected chi connectivity index (χ2v) is 6.36. The Morgan fingerprint density at radius 3 is 2.91 bits per heavy atom. The quantitative estimate of drug-likeness (QED) is 0.906. The summed E-state index contributed by atoms with van der Waals surface area (Å²) in [5.41, 5.74) is 0.934. The normalized spacial score (nSPS) is 24.3. The number of carbonyl (C=O) groups is 2. The van der Waals surface area contributed by atoms with Crippen molar-refractivity contribution in [2.24, 2.45) is 11.8 Å². The van der Waals surface area contributed by atoms with Gasteiger partial charge in [-0.1, -0.05) is 11.6 Å². The second-order valence-electron chi connectivity index (χ2n) is 5.93. The first kappa shape index (κ1) is 15.2. The van der Waals surface area contributed by atoms with Crippen molar-refractivity contribution in [2.75, 3.05) is 19.7 Å². The van der Waals surface area contributed by atoms with E-state index in [0.29, 0.717) is 37.6 Å². The van der Waals surface area contributed by atoms with Crippen molar-refractivity contribution in [1.29, 1.82) is 0 Å². The second kappa shape index (κ2) is 6.16. The number of benzene rings is 1. The van der Waals surface area contributed by atoms with E-state index < -0.39 is 11.9 Å². The highest BCUT2D eigenvalue weighted by Gasteiger charge is 2.34. The summed E-state index contributed by atoms with van der Waals surface area (Å²) >= 11 is 5.99. The lowest BCUT2D eigenvalue weighted by Gasteiger charge is -2.34. The van der Waals surface area contributed by atoms with Gasteiger partial charge in [0, 0.05) is 18.1 Å². The Morgan fingerprint density at radius 1 is 1.32 bits per heavy atom. The molecule has 0 aromatic heterocycles. The minimum atomic E-state index is -0.825. The molecule has 2 heterocycles. The molecule has 0 radical (unpaired) electrons. The van der Waals surface area contributed by atoms with Gasteiger partial charge in [0.15, 0.2) is 0 Å². The van der Waals surface area contributed by atoms with Gasteiger partial charge in [-0.05, 0) is 43.0 Å². The van der Waals surface area contributed by atoms with E-state index in [0.717, 1.165) is 17.7 Å². The Balaban J connectivity index is 1.69. The summed E-state index contributed by atoms with van der Waals surface area (Å²) < 4.78 is 5.65. The molecule has 6 heteroatoms. The first-order valence-corrected chi connectivity index (χ1v) is 7.85. The summed E-state index contributed by atoms with van der Waals surface area (Å²) in [6, 6.07) is 5.41. The summed E-state index contributed by atoms with van der Waals surface area (Å²) in [6.07, 6.45) is 1.96. The van der Waals surface area contributed by atoms with E-state index in [9.17, 15) is 9.59 Å². The van der Waals surface area contributed by atoms with Crippen LogP contribution in [0.4, 0.5) is 0 Å². The standard InChI is InChI=1S/C16H18ClNO4/c17-13-3-4-14-11(7-13)6-12(9-22-14)15(19)18-5-1-2-10(8-18)16(20)21/h3-4,7,10,12H,1-2,5-6,8-9H2,(H,20,21)/t10-,12-/m0/s1. The fraction of sp³-hybridized carbons (Fsp3) is 0.500. The molecule has 0 spiro atoms. The molecule has 0 unspecified atom stereocenters. The van der Waals surface area contributed by atoms with Crippen LogP contribution < -0.4 is 4.74 Å². The molecule has 22 heavy (non-hydrogen) atoms. The number of amides is 1. The Morgan fingerprint density at radius 2 is 2.14 bits per heavy atom. The van der Waals surface area contributed by atoms with Crippen LogP contribution in [0, 0.1) is 11.8 Å². The zero-order valence-electron chi connectivity index (χ0n) is 12.1. The molecule has 3 rings (SSSR count). The summed E-state index contributed by atoms with van der Waals surface area (Å²) in [7, 11) is 0. The van der Waals surface area contributed by atoms with E-state index >= 15 is 0 Å². The molecular weight excluding hydrogens is 306 g/mol. The van der Waals surface area contributed by atoms with Crippen molar-refractivity contribution < 1.29 is 19.4 Å². The first-order valence-electron chi connectivity index (χ1n) is 7.47. The first-order chi connectivity index (χ1) is 10.5. The number of hydrogen-bond acceptors (Lipinski definition) is 3.